The normalized spacial score (nSPS) is 12.1. The van der Waals surface area contributed by atoms with Gasteiger partial charge in [0.15, 0.2) is 0 Å². The highest BCUT2D eigenvalue weighted by Crippen LogP contribution is 2.11. The van der Waals surface area contributed by atoms with Crippen LogP contribution >= 0.6 is 0 Å². The van der Waals surface area contributed by atoms with Crippen molar-refractivity contribution >= 4 is 5.97 Å². The Morgan fingerprint density at radius 3 is 3.00 bits per heavy atom. The molecule has 2 aromatic heterocycles. The van der Waals surface area contributed by atoms with Crippen molar-refractivity contribution in [2.45, 2.75) is 19.5 Å². The van der Waals surface area contributed by atoms with E-state index in [9.17, 15) is 4.79 Å². The van der Waals surface area contributed by atoms with Crippen molar-refractivity contribution in [3.8, 4) is 0 Å². The first kappa shape index (κ1) is 13.3. The lowest BCUT2D eigenvalue weighted by molar-refractivity contribution is 0.0594. The molecule has 2 heterocycles. The summed E-state index contributed by atoms with van der Waals surface area (Å²) in [4.78, 5) is 18.4. The monoisotopic (exact) mass is 259 g/mol. The van der Waals surface area contributed by atoms with Gasteiger partial charge < -0.3 is 15.0 Å². The third kappa shape index (κ3) is 3.42. The van der Waals surface area contributed by atoms with E-state index in [2.05, 4.69) is 26.9 Å². The Hall–Kier alpha value is -2.14. The standard InChI is InChI=1S/C14H17N3O2/c1-10(11-4-3-7-15-8-11)16-9-12-5-6-13(17-12)14(18)19-2/h3-8,10,16-17H,9H2,1-2H3/t10-/m1/s1. The van der Waals surface area contributed by atoms with Crippen molar-refractivity contribution in [3.05, 3.63) is 53.6 Å². The Balaban J connectivity index is 1.92. The number of pyridine rings is 1. The van der Waals surface area contributed by atoms with Gasteiger partial charge in [0.2, 0.25) is 0 Å². The topological polar surface area (TPSA) is 67.0 Å². The van der Waals surface area contributed by atoms with Crippen LogP contribution in [-0.4, -0.2) is 23.0 Å². The highest BCUT2D eigenvalue weighted by molar-refractivity contribution is 5.87. The number of nitrogens with one attached hydrogen (secondary N) is 2. The van der Waals surface area contributed by atoms with E-state index in [1.54, 1.807) is 12.3 Å². The number of hydrogen-bond acceptors (Lipinski definition) is 4. The van der Waals surface area contributed by atoms with Gasteiger partial charge in [-0.2, -0.15) is 0 Å². The molecule has 0 saturated heterocycles. The van der Waals surface area contributed by atoms with Crippen molar-refractivity contribution in [2.24, 2.45) is 0 Å². The zero-order valence-electron chi connectivity index (χ0n) is 11.0. The van der Waals surface area contributed by atoms with Crippen molar-refractivity contribution in [3.63, 3.8) is 0 Å². The van der Waals surface area contributed by atoms with Crippen LogP contribution in [0, 0.1) is 0 Å². The van der Waals surface area contributed by atoms with Crippen LogP contribution in [0.5, 0.6) is 0 Å². The molecule has 0 saturated carbocycles. The van der Waals surface area contributed by atoms with E-state index >= 15 is 0 Å². The molecule has 5 nitrogen and oxygen atoms in total. The van der Waals surface area contributed by atoms with E-state index < -0.39 is 0 Å². The molecule has 0 spiro atoms. The number of hydrogen-bond donors (Lipinski definition) is 2. The quantitative estimate of drug-likeness (QED) is 0.806. The molecule has 19 heavy (non-hydrogen) atoms. The summed E-state index contributed by atoms with van der Waals surface area (Å²) in [6.45, 7) is 2.72. The predicted molar refractivity (Wildman–Crippen MR) is 71.6 cm³/mol. The first-order valence-corrected chi connectivity index (χ1v) is 6.10. The summed E-state index contributed by atoms with van der Waals surface area (Å²) >= 11 is 0. The molecule has 5 heteroatoms. The summed E-state index contributed by atoms with van der Waals surface area (Å²) in [7, 11) is 1.37. The number of carbonyl (C=O) groups is 1. The van der Waals surface area contributed by atoms with Crippen molar-refractivity contribution in [1.29, 1.82) is 0 Å². The Morgan fingerprint density at radius 2 is 2.32 bits per heavy atom. The molecule has 0 fully saturated rings. The van der Waals surface area contributed by atoms with Crippen LogP contribution in [0.15, 0.2) is 36.7 Å². The summed E-state index contributed by atoms with van der Waals surface area (Å²) in [5.41, 5.74) is 2.53. The summed E-state index contributed by atoms with van der Waals surface area (Å²) in [6, 6.07) is 7.72. The molecule has 0 radical (unpaired) electrons. The number of nitrogens with zero attached hydrogens (tertiary/aromatic N) is 1. The van der Waals surface area contributed by atoms with Crippen molar-refractivity contribution in [2.75, 3.05) is 7.11 Å². The molecule has 100 valence electrons. The minimum atomic E-state index is -0.355. The average molecular weight is 259 g/mol. The van der Waals surface area contributed by atoms with Gasteiger partial charge in [0, 0.05) is 30.7 Å². The van der Waals surface area contributed by atoms with Gasteiger partial charge in [0.1, 0.15) is 5.69 Å². The van der Waals surface area contributed by atoms with Crippen LogP contribution in [0.25, 0.3) is 0 Å². The number of aromatic amines is 1. The molecular formula is C14H17N3O2. The first-order valence-electron chi connectivity index (χ1n) is 6.10. The molecule has 1 atom stereocenters. The van der Waals surface area contributed by atoms with Gasteiger partial charge in [0.05, 0.1) is 7.11 Å². The van der Waals surface area contributed by atoms with E-state index in [0.29, 0.717) is 12.2 Å². The van der Waals surface area contributed by atoms with Crippen molar-refractivity contribution < 1.29 is 9.53 Å². The van der Waals surface area contributed by atoms with Gasteiger partial charge in [-0.3, -0.25) is 4.98 Å². The van der Waals surface area contributed by atoms with E-state index in [0.717, 1.165) is 11.3 Å². The van der Waals surface area contributed by atoms with Crippen LogP contribution in [0.1, 0.15) is 34.7 Å². The second-order valence-corrected chi connectivity index (χ2v) is 4.28. The van der Waals surface area contributed by atoms with E-state index in [-0.39, 0.29) is 12.0 Å². The Labute approximate surface area is 112 Å². The molecule has 2 rings (SSSR count). The fourth-order valence-corrected chi connectivity index (χ4v) is 1.79. The van der Waals surface area contributed by atoms with Gasteiger partial charge in [-0.05, 0) is 30.7 Å². The highest BCUT2D eigenvalue weighted by Gasteiger charge is 2.09. The molecule has 2 aromatic rings. The number of H-pyrrole nitrogens is 1. The molecule has 0 aliphatic carbocycles. The lowest BCUT2D eigenvalue weighted by Crippen LogP contribution is -2.18. The van der Waals surface area contributed by atoms with Crippen LogP contribution in [0.3, 0.4) is 0 Å². The maximum absolute atomic E-state index is 11.3. The zero-order chi connectivity index (χ0) is 13.7. The van der Waals surface area contributed by atoms with Gasteiger partial charge in [-0.1, -0.05) is 6.07 Å². The van der Waals surface area contributed by atoms with Gasteiger partial charge in [-0.15, -0.1) is 0 Å². The second kappa shape index (κ2) is 6.15. The van der Waals surface area contributed by atoms with Crippen LogP contribution in [0.2, 0.25) is 0 Å². The minimum absolute atomic E-state index is 0.193. The lowest BCUT2D eigenvalue weighted by Gasteiger charge is -2.12. The molecule has 2 N–H and O–H groups in total. The number of aromatic nitrogens is 2. The fourth-order valence-electron chi connectivity index (χ4n) is 1.79. The number of ether oxygens (including phenoxy) is 1. The predicted octanol–water partition coefficient (Wildman–Crippen LogP) is 2.05. The first-order chi connectivity index (χ1) is 9.20. The Morgan fingerprint density at radius 1 is 1.47 bits per heavy atom. The maximum atomic E-state index is 11.3. The molecule has 0 aliphatic heterocycles. The van der Waals surface area contributed by atoms with Crippen molar-refractivity contribution in [1.82, 2.24) is 15.3 Å². The minimum Gasteiger partial charge on any atom is -0.464 e. The number of rotatable bonds is 5. The fraction of sp³-hybridized carbons (Fsp3) is 0.286. The van der Waals surface area contributed by atoms with Crippen LogP contribution in [-0.2, 0) is 11.3 Å². The van der Waals surface area contributed by atoms with Gasteiger partial charge in [-0.25, -0.2) is 4.79 Å². The van der Waals surface area contributed by atoms with E-state index in [1.165, 1.54) is 7.11 Å². The second-order valence-electron chi connectivity index (χ2n) is 4.28. The van der Waals surface area contributed by atoms with E-state index in [4.69, 9.17) is 0 Å². The molecule has 0 aliphatic rings. The van der Waals surface area contributed by atoms with Gasteiger partial charge >= 0.3 is 5.97 Å². The maximum Gasteiger partial charge on any atom is 0.354 e. The summed E-state index contributed by atoms with van der Waals surface area (Å²) in [5, 5.41) is 3.36. The largest absolute Gasteiger partial charge is 0.464 e. The third-order valence-electron chi connectivity index (χ3n) is 2.93. The Bertz CT molecular complexity index is 537. The zero-order valence-corrected chi connectivity index (χ0v) is 11.0. The Kier molecular flexibility index (Phi) is 4.30. The smallest absolute Gasteiger partial charge is 0.354 e. The highest BCUT2D eigenvalue weighted by atomic mass is 16.5. The summed E-state index contributed by atoms with van der Waals surface area (Å²) in [6.07, 6.45) is 3.59. The molecule has 0 bridgehead atoms. The van der Waals surface area contributed by atoms with Crippen LogP contribution in [0.4, 0.5) is 0 Å². The number of esters is 1. The third-order valence-corrected chi connectivity index (χ3v) is 2.93. The van der Waals surface area contributed by atoms with Gasteiger partial charge in [0.25, 0.3) is 0 Å². The molecule has 0 unspecified atom stereocenters. The molecule has 0 aromatic carbocycles. The SMILES string of the molecule is COC(=O)c1ccc(CN[C@H](C)c2cccnc2)[nH]1. The summed E-state index contributed by atoms with van der Waals surface area (Å²) in [5.74, 6) is -0.355. The summed E-state index contributed by atoms with van der Waals surface area (Å²) < 4.78 is 4.65. The average Bonchev–Trinajstić information content (AvgIpc) is 2.93. The lowest BCUT2D eigenvalue weighted by atomic mass is 10.1. The number of methoxy groups -OCH3 is 1. The van der Waals surface area contributed by atoms with E-state index in [1.807, 2.05) is 24.4 Å². The van der Waals surface area contributed by atoms with Crippen LogP contribution < -0.4 is 5.32 Å². The number of carbonyl (C=O) groups excluding carboxylic acids is 1. The molecular weight excluding hydrogens is 242 g/mol. The molecule has 0 amide bonds.